The highest BCUT2D eigenvalue weighted by atomic mass is 19.1. The van der Waals surface area contributed by atoms with Crippen molar-refractivity contribution in [1.82, 2.24) is 0 Å². The van der Waals surface area contributed by atoms with Gasteiger partial charge in [0.15, 0.2) is 11.6 Å². The van der Waals surface area contributed by atoms with Crippen molar-refractivity contribution in [3.8, 4) is 16.9 Å². The van der Waals surface area contributed by atoms with E-state index in [4.69, 9.17) is 4.74 Å². The molecular weight excluding hydrogens is 281 g/mol. The van der Waals surface area contributed by atoms with Crippen LogP contribution in [0.1, 0.15) is 6.42 Å². The lowest BCUT2D eigenvalue weighted by molar-refractivity contribution is -0.114. The fourth-order valence-electron chi connectivity index (χ4n) is 2.56. The quantitative estimate of drug-likeness (QED) is 0.862. The Kier molecular flexibility index (Phi) is 3.92. The van der Waals surface area contributed by atoms with Gasteiger partial charge in [0.25, 0.3) is 5.91 Å². The third-order valence-electron chi connectivity index (χ3n) is 3.72. The van der Waals surface area contributed by atoms with Crippen LogP contribution in [0.15, 0.2) is 54.6 Å². The number of halogens is 1. The van der Waals surface area contributed by atoms with E-state index >= 15 is 0 Å². The zero-order valence-corrected chi connectivity index (χ0v) is 12.3. The summed E-state index contributed by atoms with van der Waals surface area (Å²) in [7, 11) is 1.45. The molecule has 112 valence electrons. The maximum absolute atomic E-state index is 14.3. The summed E-state index contributed by atoms with van der Waals surface area (Å²) in [5.41, 5.74) is 2.05. The third-order valence-corrected chi connectivity index (χ3v) is 3.72. The Bertz CT molecular complexity index is 722. The molecule has 3 nitrogen and oxygen atoms in total. The highest BCUT2D eigenvalue weighted by Crippen LogP contribution is 2.30. The number of anilines is 1. The number of rotatable bonds is 3. The van der Waals surface area contributed by atoms with Crippen molar-refractivity contribution in [2.24, 2.45) is 0 Å². The van der Waals surface area contributed by atoms with Crippen LogP contribution in [0.3, 0.4) is 0 Å². The Balaban J connectivity index is 1.92. The molecule has 0 bridgehead atoms. The average molecular weight is 297 g/mol. The molecule has 1 aliphatic rings. The fraction of sp³-hybridized carbons (Fsp3) is 0.167. The largest absolute Gasteiger partial charge is 0.494 e. The van der Waals surface area contributed by atoms with E-state index in [9.17, 15) is 9.18 Å². The molecule has 22 heavy (non-hydrogen) atoms. The highest BCUT2D eigenvalue weighted by Gasteiger charge is 2.16. The van der Waals surface area contributed by atoms with Crippen molar-refractivity contribution in [3.05, 3.63) is 60.4 Å². The van der Waals surface area contributed by atoms with Crippen molar-refractivity contribution in [1.29, 1.82) is 0 Å². The van der Waals surface area contributed by atoms with Gasteiger partial charge in [0.05, 0.1) is 7.11 Å². The maximum Gasteiger partial charge on any atom is 0.250 e. The SMILES string of the molecule is COc1cccc(-c2ccc(N3CCC=CC3=O)cc2)c1F. The first-order valence-corrected chi connectivity index (χ1v) is 7.11. The molecule has 0 atom stereocenters. The third kappa shape index (κ3) is 2.60. The summed E-state index contributed by atoms with van der Waals surface area (Å²) in [4.78, 5) is 13.6. The lowest BCUT2D eigenvalue weighted by atomic mass is 10.0. The topological polar surface area (TPSA) is 29.5 Å². The van der Waals surface area contributed by atoms with Gasteiger partial charge in [0, 0.05) is 17.8 Å². The molecule has 1 aliphatic heterocycles. The Morgan fingerprint density at radius 1 is 1.14 bits per heavy atom. The number of benzene rings is 2. The molecule has 3 rings (SSSR count). The van der Waals surface area contributed by atoms with Crippen LogP contribution in [-0.4, -0.2) is 19.6 Å². The summed E-state index contributed by atoms with van der Waals surface area (Å²) in [6.45, 7) is 0.669. The van der Waals surface area contributed by atoms with Crippen molar-refractivity contribution in [2.75, 3.05) is 18.6 Å². The van der Waals surface area contributed by atoms with Crippen LogP contribution >= 0.6 is 0 Å². The number of methoxy groups -OCH3 is 1. The van der Waals surface area contributed by atoms with Gasteiger partial charge in [-0.2, -0.15) is 0 Å². The molecule has 0 radical (unpaired) electrons. The molecule has 0 saturated carbocycles. The van der Waals surface area contributed by atoms with Crippen molar-refractivity contribution < 1.29 is 13.9 Å². The van der Waals surface area contributed by atoms with Crippen LogP contribution in [0.25, 0.3) is 11.1 Å². The smallest absolute Gasteiger partial charge is 0.250 e. The second kappa shape index (κ2) is 6.02. The highest BCUT2D eigenvalue weighted by molar-refractivity contribution is 6.02. The molecule has 0 N–H and O–H groups in total. The van der Waals surface area contributed by atoms with E-state index in [-0.39, 0.29) is 17.5 Å². The molecule has 0 fully saturated rings. The number of carbonyl (C=O) groups is 1. The van der Waals surface area contributed by atoms with E-state index in [0.29, 0.717) is 12.1 Å². The fourth-order valence-corrected chi connectivity index (χ4v) is 2.56. The number of ether oxygens (including phenoxy) is 1. The van der Waals surface area contributed by atoms with Crippen LogP contribution < -0.4 is 9.64 Å². The van der Waals surface area contributed by atoms with Gasteiger partial charge in [-0.05, 0) is 36.3 Å². The van der Waals surface area contributed by atoms with E-state index in [1.807, 2.05) is 30.3 Å². The summed E-state index contributed by atoms with van der Waals surface area (Å²) in [6.07, 6.45) is 4.30. The number of amides is 1. The van der Waals surface area contributed by atoms with Gasteiger partial charge in [-0.25, -0.2) is 4.39 Å². The Morgan fingerprint density at radius 3 is 2.59 bits per heavy atom. The number of hydrogen-bond donors (Lipinski definition) is 0. The minimum atomic E-state index is -0.380. The predicted molar refractivity (Wildman–Crippen MR) is 84.5 cm³/mol. The van der Waals surface area contributed by atoms with Crippen LogP contribution in [0.4, 0.5) is 10.1 Å². The minimum Gasteiger partial charge on any atom is -0.494 e. The van der Waals surface area contributed by atoms with Gasteiger partial charge in [-0.15, -0.1) is 0 Å². The summed E-state index contributed by atoms with van der Waals surface area (Å²) >= 11 is 0. The van der Waals surface area contributed by atoms with Gasteiger partial charge in [0.2, 0.25) is 0 Å². The number of nitrogens with zero attached hydrogens (tertiary/aromatic N) is 1. The molecule has 1 heterocycles. The monoisotopic (exact) mass is 297 g/mol. The molecule has 4 heteroatoms. The van der Waals surface area contributed by atoms with Crippen LogP contribution in [0, 0.1) is 5.82 Å². The first-order valence-electron chi connectivity index (χ1n) is 7.11. The second-order valence-corrected chi connectivity index (χ2v) is 5.05. The molecule has 2 aromatic rings. The van der Waals surface area contributed by atoms with Crippen molar-refractivity contribution in [3.63, 3.8) is 0 Å². The molecule has 0 aliphatic carbocycles. The molecule has 0 saturated heterocycles. The van der Waals surface area contributed by atoms with Crippen molar-refractivity contribution >= 4 is 11.6 Å². The Labute approximate surface area is 128 Å². The number of hydrogen-bond acceptors (Lipinski definition) is 2. The van der Waals surface area contributed by atoms with Gasteiger partial charge in [-0.3, -0.25) is 4.79 Å². The van der Waals surface area contributed by atoms with E-state index in [1.54, 1.807) is 29.2 Å². The zero-order valence-electron chi connectivity index (χ0n) is 12.3. The van der Waals surface area contributed by atoms with Crippen molar-refractivity contribution in [2.45, 2.75) is 6.42 Å². The Morgan fingerprint density at radius 2 is 1.91 bits per heavy atom. The first kappa shape index (κ1) is 14.3. The molecule has 2 aromatic carbocycles. The van der Waals surface area contributed by atoms with Crippen LogP contribution in [0.2, 0.25) is 0 Å². The van der Waals surface area contributed by atoms with E-state index < -0.39 is 0 Å². The summed E-state index contributed by atoms with van der Waals surface area (Å²) < 4.78 is 19.3. The summed E-state index contributed by atoms with van der Waals surface area (Å²) in [6, 6.07) is 12.4. The lowest BCUT2D eigenvalue weighted by Crippen LogP contribution is -2.32. The number of carbonyl (C=O) groups excluding carboxylic acids is 1. The van der Waals surface area contributed by atoms with E-state index in [0.717, 1.165) is 17.7 Å². The van der Waals surface area contributed by atoms with E-state index in [1.165, 1.54) is 7.11 Å². The average Bonchev–Trinajstić information content (AvgIpc) is 2.56. The molecular formula is C18H16FNO2. The molecule has 1 amide bonds. The van der Waals surface area contributed by atoms with Gasteiger partial charge in [-0.1, -0.05) is 30.3 Å². The van der Waals surface area contributed by atoms with Crippen LogP contribution in [0.5, 0.6) is 5.75 Å². The normalized spacial score (nSPS) is 14.3. The first-order chi connectivity index (χ1) is 10.7. The zero-order chi connectivity index (χ0) is 15.5. The van der Waals surface area contributed by atoms with E-state index in [2.05, 4.69) is 0 Å². The van der Waals surface area contributed by atoms with Crippen LogP contribution in [-0.2, 0) is 4.79 Å². The standard InChI is InChI=1S/C18H16FNO2/c1-22-16-6-4-5-15(18(16)19)13-8-10-14(11-9-13)20-12-3-2-7-17(20)21/h2,4-11H,3,12H2,1H3. The minimum absolute atomic E-state index is 0.0217. The summed E-state index contributed by atoms with van der Waals surface area (Å²) in [5.74, 6) is -0.181. The summed E-state index contributed by atoms with van der Waals surface area (Å²) in [5, 5.41) is 0. The molecule has 0 aromatic heterocycles. The van der Waals surface area contributed by atoms with Gasteiger partial charge < -0.3 is 9.64 Å². The molecule has 0 spiro atoms. The molecule has 0 unspecified atom stereocenters. The van der Waals surface area contributed by atoms with Gasteiger partial charge >= 0.3 is 0 Å². The lowest BCUT2D eigenvalue weighted by Gasteiger charge is -2.23. The maximum atomic E-state index is 14.3. The Hall–Kier alpha value is -2.62. The predicted octanol–water partition coefficient (Wildman–Crippen LogP) is 3.79. The second-order valence-electron chi connectivity index (χ2n) is 5.05. The van der Waals surface area contributed by atoms with Gasteiger partial charge in [0.1, 0.15) is 0 Å².